The van der Waals surface area contributed by atoms with Crippen LogP contribution < -0.4 is 0 Å². The van der Waals surface area contributed by atoms with Crippen LogP contribution >= 0.6 is 0 Å². The van der Waals surface area contributed by atoms with Gasteiger partial charge in [-0.05, 0) is 20.4 Å². The van der Waals surface area contributed by atoms with E-state index in [1.54, 1.807) is 0 Å². The lowest BCUT2D eigenvalue weighted by Gasteiger charge is -2.43. The lowest BCUT2D eigenvalue weighted by molar-refractivity contribution is 0.0395. The van der Waals surface area contributed by atoms with Gasteiger partial charge in [0.25, 0.3) is 0 Å². The third-order valence-corrected chi connectivity index (χ3v) is 3.10. The number of β-amino-alcohol motifs (C(OH)–C–C–N with tert-alkyl or cyclic N) is 1. The van der Waals surface area contributed by atoms with Crippen molar-refractivity contribution < 1.29 is 5.11 Å². The molecule has 1 saturated heterocycles. The van der Waals surface area contributed by atoms with Crippen LogP contribution in [0.2, 0.25) is 0 Å². The van der Waals surface area contributed by atoms with Crippen molar-refractivity contribution in [1.82, 2.24) is 9.80 Å². The molecule has 1 aliphatic heterocycles. The Morgan fingerprint density at radius 2 is 1.87 bits per heavy atom. The number of nitrogens with zero attached hydrogens (tertiary/aromatic N) is 2. The highest BCUT2D eigenvalue weighted by Gasteiger charge is 2.27. The molecule has 2 atom stereocenters. The molecule has 0 spiro atoms. The molecular formula is C12H28N2O. The highest BCUT2D eigenvalue weighted by molar-refractivity contribution is 4.84. The van der Waals surface area contributed by atoms with Gasteiger partial charge in [0, 0.05) is 31.7 Å². The van der Waals surface area contributed by atoms with Crippen LogP contribution in [0.4, 0.5) is 0 Å². The molecule has 0 aliphatic carbocycles. The first-order valence-electron chi connectivity index (χ1n) is 6.24. The average molecular weight is 216 g/mol. The number of likely N-dealkylation sites (N-methyl/N-ethyl adjacent to an activating group) is 1. The molecule has 1 fully saturated rings. The van der Waals surface area contributed by atoms with Gasteiger partial charge < -0.3 is 10.0 Å². The summed E-state index contributed by atoms with van der Waals surface area (Å²) in [4.78, 5) is 4.81. The summed E-state index contributed by atoms with van der Waals surface area (Å²) in [5, 5.41) is 8.91. The van der Waals surface area contributed by atoms with Crippen LogP contribution in [0, 0.1) is 0 Å². The minimum absolute atomic E-state index is 0.282. The van der Waals surface area contributed by atoms with Crippen molar-refractivity contribution in [3.8, 4) is 0 Å². The molecule has 1 aliphatic rings. The van der Waals surface area contributed by atoms with Gasteiger partial charge in [0.15, 0.2) is 0 Å². The van der Waals surface area contributed by atoms with Crippen LogP contribution in [0.15, 0.2) is 0 Å². The number of hydrogen-bond donors (Lipinski definition) is 1. The second-order valence-electron chi connectivity index (χ2n) is 4.07. The lowest BCUT2D eigenvalue weighted by atomic mass is 10.1. The highest BCUT2D eigenvalue weighted by Crippen LogP contribution is 2.14. The van der Waals surface area contributed by atoms with Crippen LogP contribution in [0.5, 0.6) is 0 Å². The summed E-state index contributed by atoms with van der Waals surface area (Å²) in [7, 11) is 2.20. The first kappa shape index (κ1) is 14.9. The SMILES string of the molecule is CC.CCC1CN(CCO)C(C)CN1C. The summed E-state index contributed by atoms with van der Waals surface area (Å²) in [6.07, 6.45) is 1.20. The zero-order valence-corrected chi connectivity index (χ0v) is 11.0. The molecule has 1 rings (SSSR count). The van der Waals surface area contributed by atoms with Gasteiger partial charge in [-0.3, -0.25) is 4.90 Å². The van der Waals surface area contributed by atoms with Crippen LogP contribution in [0.25, 0.3) is 0 Å². The summed E-state index contributed by atoms with van der Waals surface area (Å²) in [5.41, 5.74) is 0. The summed E-state index contributed by atoms with van der Waals surface area (Å²) in [5.74, 6) is 0. The van der Waals surface area contributed by atoms with E-state index in [1.165, 1.54) is 6.42 Å². The second-order valence-corrected chi connectivity index (χ2v) is 4.07. The topological polar surface area (TPSA) is 26.7 Å². The number of aliphatic hydroxyl groups is 1. The van der Waals surface area contributed by atoms with E-state index in [0.29, 0.717) is 12.1 Å². The molecule has 0 bridgehead atoms. The molecule has 92 valence electrons. The van der Waals surface area contributed by atoms with E-state index in [2.05, 4.69) is 30.7 Å². The van der Waals surface area contributed by atoms with Crippen molar-refractivity contribution in [2.24, 2.45) is 0 Å². The predicted octanol–water partition coefficient (Wildman–Crippen LogP) is 1.42. The number of rotatable bonds is 3. The van der Waals surface area contributed by atoms with Crippen molar-refractivity contribution in [1.29, 1.82) is 0 Å². The fourth-order valence-electron chi connectivity index (χ4n) is 2.15. The van der Waals surface area contributed by atoms with Crippen LogP contribution in [0.1, 0.15) is 34.1 Å². The summed E-state index contributed by atoms with van der Waals surface area (Å²) in [6.45, 7) is 11.8. The molecule has 2 unspecified atom stereocenters. The van der Waals surface area contributed by atoms with Gasteiger partial charge in [0.2, 0.25) is 0 Å². The first-order chi connectivity index (χ1) is 7.19. The summed E-state index contributed by atoms with van der Waals surface area (Å²) in [6, 6.07) is 1.25. The Bertz CT molecular complexity index is 153. The van der Waals surface area contributed by atoms with Crippen molar-refractivity contribution in [2.45, 2.75) is 46.2 Å². The Morgan fingerprint density at radius 3 is 2.33 bits per heavy atom. The smallest absolute Gasteiger partial charge is 0.0558 e. The quantitative estimate of drug-likeness (QED) is 0.773. The number of aliphatic hydroxyl groups excluding tert-OH is 1. The largest absolute Gasteiger partial charge is 0.395 e. The lowest BCUT2D eigenvalue weighted by Crippen LogP contribution is -2.56. The second kappa shape index (κ2) is 8.08. The van der Waals surface area contributed by atoms with E-state index in [9.17, 15) is 0 Å². The van der Waals surface area contributed by atoms with Gasteiger partial charge in [0.05, 0.1) is 6.61 Å². The van der Waals surface area contributed by atoms with E-state index in [1.807, 2.05) is 13.8 Å². The molecule has 1 heterocycles. The molecule has 0 radical (unpaired) electrons. The maximum absolute atomic E-state index is 8.91. The van der Waals surface area contributed by atoms with Gasteiger partial charge in [-0.1, -0.05) is 20.8 Å². The first-order valence-corrected chi connectivity index (χ1v) is 6.24. The Kier molecular flexibility index (Phi) is 8.02. The molecule has 15 heavy (non-hydrogen) atoms. The fourth-order valence-corrected chi connectivity index (χ4v) is 2.15. The van der Waals surface area contributed by atoms with E-state index in [0.717, 1.165) is 19.6 Å². The van der Waals surface area contributed by atoms with E-state index >= 15 is 0 Å². The molecule has 0 aromatic rings. The Labute approximate surface area is 95.1 Å². The van der Waals surface area contributed by atoms with Gasteiger partial charge >= 0.3 is 0 Å². The van der Waals surface area contributed by atoms with Crippen molar-refractivity contribution >= 4 is 0 Å². The Morgan fingerprint density at radius 1 is 1.27 bits per heavy atom. The van der Waals surface area contributed by atoms with Crippen LogP contribution in [-0.4, -0.2) is 60.3 Å². The molecule has 3 nitrogen and oxygen atoms in total. The van der Waals surface area contributed by atoms with Crippen molar-refractivity contribution in [3.05, 3.63) is 0 Å². The number of hydrogen-bond acceptors (Lipinski definition) is 3. The molecule has 0 amide bonds. The van der Waals surface area contributed by atoms with Gasteiger partial charge in [-0.15, -0.1) is 0 Å². The van der Waals surface area contributed by atoms with Crippen LogP contribution in [0.3, 0.4) is 0 Å². The maximum atomic E-state index is 8.91. The predicted molar refractivity (Wildman–Crippen MR) is 66.2 cm³/mol. The average Bonchev–Trinajstić information content (AvgIpc) is 2.25. The summed E-state index contributed by atoms with van der Waals surface area (Å²) >= 11 is 0. The zero-order valence-electron chi connectivity index (χ0n) is 11.0. The van der Waals surface area contributed by atoms with E-state index in [-0.39, 0.29) is 6.61 Å². The third kappa shape index (κ3) is 4.49. The van der Waals surface area contributed by atoms with Crippen molar-refractivity contribution in [3.63, 3.8) is 0 Å². The monoisotopic (exact) mass is 216 g/mol. The van der Waals surface area contributed by atoms with E-state index < -0.39 is 0 Å². The maximum Gasteiger partial charge on any atom is 0.0558 e. The standard InChI is InChI=1S/C10H22N2O.C2H6/c1-4-10-8-12(5-6-13)9(2)7-11(10)3;1-2/h9-10,13H,4-8H2,1-3H3;1-2H3. The summed E-state index contributed by atoms with van der Waals surface area (Å²) < 4.78 is 0. The normalized spacial score (nSPS) is 28.4. The molecule has 1 N–H and O–H groups in total. The Hall–Kier alpha value is -0.120. The van der Waals surface area contributed by atoms with Gasteiger partial charge in [0.1, 0.15) is 0 Å². The molecule has 0 saturated carbocycles. The fraction of sp³-hybridized carbons (Fsp3) is 1.00. The molecular weight excluding hydrogens is 188 g/mol. The van der Waals surface area contributed by atoms with Gasteiger partial charge in [-0.2, -0.15) is 0 Å². The molecule has 3 heteroatoms. The molecule has 0 aromatic heterocycles. The molecule has 0 aromatic carbocycles. The van der Waals surface area contributed by atoms with Crippen LogP contribution in [-0.2, 0) is 0 Å². The van der Waals surface area contributed by atoms with E-state index in [4.69, 9.17) is 5.11 Å². The number of piperazine rings is 1. The third-order valence-electron chi connectivity index (χ3n) is 3.10. The minimum atomic E-state index is 0.282. The minimum Gasteiger partial charge on any atom is -0.395 e. The highest BCUT2D eigenvalue weighted by atomic mass is 16.3. The van der Waals surface area contributed by atoms with Gasteiger partial charge in [-0.25, -0.2) is 0 Å². The zero-order chi connectivity index (χ0) is 11.8. The van der Waals surface area contributed by atoms with Crippen molar-refractivity contribution in [2.75, 3.05) is 33.3 Å². The Balaban J connectivity index is 0.000000921.